The molecule has 0 aromatic rings. The predicted molar refractivity (Wildman–Crippen MR) is 30.9 cm³/mol. The normalized spacial score (nSPS) is 6.50. The van der Waals surface area contributed by atoms with Gasteiger partial charge < -0.3 is 0 Å². The molecule has 0 saturated carbocycles. The van der Waals surface area contributed by atoms with Gasteiger partial charge in [-0.1, -0.05) is 0 Å². The second-order valence-corrected chi connectivity index (χ2v) is 0.945. The summed E-state index contributed by atoms with van der Waals surface area (Å²) < 4.78 is 0. The molecule has 6 heavy (non-hydrogen) atoms. The number of nitrogens with one attached hydrogen (secondary N) is 1. The van der Waals surface area contributed by atoms with E-state index in [2.05, 4.69) is 25.0 Å². The van der Waals surface area contributed by atoms with E-state index in [0.29, 0.717) is 0 Å². The van der Waals surface area contributed by atoms with E-state index in [1.165, 1.54) is 5.49 Å². The summed E-state index contributed by atoms with van der Waals surface area (Å²) in [6, 6.07) is 0. The van der Waals surface area contributed by atoms with Gasteiger partial charge in [-0.15, -0.1) is 0 Å². The number of hydrogen-bond donors (Lipinski definition) is 2. The van der Waals surface area contributed by atoms with Crippen LogP contribution in [-0.4, -0.2) is 23.9 Å². The van der Waals surface area contributed by atoms with E-state index in [1.807, 2.05) is 0 Å². The first-order valence-corrected chi connectivity index (χ1v) is 1.82. The van der Waals surface area contributed by atoms with Crippen LogP contribution < -0.4 is 5.32 Å². The van der Waals surface area contributed by atoms with Crippen molar-refractivity contribution in [3.8, 4) is 0 Å². The minimum atomic E-state index is -0.120. The molecule has 0 bridgehead atoms. The topological polar surface area (TPSA) is 32.3 Å². The Balaban J connectivity index is 3.05. The Hall–Kier alpha value is -0.375. The zero-order valence-electron chi connectivity index (χ0n) is 3.14. The van der Waals surface area contributed by atoms with Crippen molar-refractivity contribution in [2.24, 2.45) is 0 Å². The summed E-state index contributed by atoms with van der Waals surface area (Å²) in [7, 11) is 3.09. The third-order valence-corrected chi connectivity index (χ3v) is 0.343. The van der Waals surface area contributed by atoms with Crippen molar-refractivity contribution < 1.29 is 5.11 Å². The van der Waals surface area contributed by atoms with E-state index in [1.54, 1.807) is 0 Å². The Bertz CT molecular complexity index is 73.9. The minimum absolute atomic E-state index is 0.120. The van der Waals surface area contributed by atoms with Crippen molar-refractivity contribution >= 4 is 31.0 Å². The maximum atomic E-state index is 8.15. The van der Waals surface area contributed by atoms with E-state index in [9.17, 15) is 0 Å². The van der Waals surface area contributed by atoms with Gasteiger partial charge in [-0.3, -0.25) is 0 Å². The van der Waals surface area contributed by atoms with Crippen LogP contribution >= 0.6 is 12.2 Å². The van der Waals surface area contributed by atoms with Crippen molar-refractivity contribution in [1.29, 1.82) is 0 Å². The van der Waals surface area contributed by atoms with Crippen molar-refractivity contribution in [3.05, 3.63) is 0 Å². The number of hydrogen-bond acceptors (Lipinski definition) is 2. The molecular formula is C2H4BNOS. The second-order valence-electron chi connectivity index (χ2n) is 0.709. The summed E-state index contributed by atoms with van der Waals surface area (Å²) in [6.07, 6.45) is 0. The molecule has 0 aliphatic rings. The van der Waals surface area contributed by atoms with Gasteiger partial charge >= 0.3 is 41.4 Å². The standard InChI is InChI=1S/C2H4BNOS/c3-2(5)4-1-6/h1,3,5H,(H,4,6). The molecule has 0 radical (unpaired) electrons. The fourth-order valence-corrected chi connectivity index (χ4v) is 0.204. The molecule has 0 rings (SSSR count). The number of aliphatic hydroxyl groups excluding tert-OH is 1. The van der Waals surface area contributed by atoms with Crippen LogP contribution in [0.2, 0.25) is 0 Å². The van der Waals surface area contributed by atoms with E-state index in [0.717, 1.165) is 0 Å². The van der Waals surface area contributed by atoms with Crippen LogP contribution in [0.5, 0.6) is 0 Å². The van der Waals surface area contributed by atoms with Gasteiger partial charge in [0.15, 0.2) is 0 Å². The van der Waals surface area contributed by atoms with E-state index in [-0.39, 0.29) is 5.77 Å². The molecule has 0 heterocycles. The SMILES string of the molecule is B=C(O)NC=S. The van der Waals surface area contributed by atoms with Crippen LogP contribution in [0.3, 0.4) is 0 Å². The molecule has 0 aromatic heterocycles. The third-order valence-electron chi connectivity index (χ3n) is 0.226. The Morgan fingerprint density at radius 2 is 2.50 bits per heavy atom. The molecule has 0 aromatic carbocycles. The molecule has 0 aliphatic carbocycles. The summed E-state index contributed by atoms with van der Waals surface area (Å²) >= 11 is 4.27. The van der Waals surface area contributed by atoms with Gasteiger partial charge in [-0.25, -0.2) is 0 Å². The third kappa shape index (κ3) is 3.62. The quantitative estimate of drug-likeness (QED) is 0.342. The fourth-order valence-electron chi connectivity index (χ4n) is 0.0680. The molecule has 4 heteroatoms. The van der Waals surface area contributed by atoms with Gasteiger partial charge in [-0.2, -0.15) is 0 Å². The Kier molecular flexibility index (Phi) is 2.66. The molecule has 2 nitrogen and oxygen atoms in total. The number of thiocarbonyl (C=S) groups is 1. The van der Waals surface area contributed by atoms with Crippen LogP contribution in [0.4, 0.5) is 0 Å². The molecule has 0 spiro atoms. The zero-order chi connectivity index (χ0) is 4.99. The van der Waals surface area contributed by atoms with Gasteiger partial charge in [0.2, 0.25) is 0 Å². The van der Waals surface area contributed by atoms with E-state index >= 15 is 0 Å². The predicted octanol–water partition coefficient (Wildman–Crippen LogP) is -1.11. The van der Waals surface area contributed by atoms with Gasteiger partial charge in [-0.05, 0) is 0 Å². The molecule has 0 amide bonds. The Labute approximate surface area is 42.2 Å². The van der Waals surface area contributed by atoms with Gasteiger partial charge in [0.25, 0.3) is 0 Å². The summed E-state index contributed by atoms with van der Waals surface area (Å²) in [6.45, 7) is 0. The van der Waals surface area contributed by atoms with Crippen LogP contribution in [0.25, 0.3) is 0 Å². The van der Waals surface area contributed by atoms with E-state index < -0.39 is 0 Å². The van der Waals surface area contributed by atoms with Crippen molar-refractivity contribution in [2.45, 2.75) is 0 Å². The van der Waals surface area contributed by atoms with Crippen LogP contribution in [0, 0.1) is 0 Å². The van der Waals surface area contributed by atoms with Crippen LogP contribution in [0.15, 0.2) is 0 Å². The zero-order valence-corrected chi connectivity index (χ0v) is 3.96. The van der Waals surface area contributed by atoms with Gasteiger partial charge in [0.1, 0.15) is 0 Å². The molecule has 0 unspecified atom stereocenters. The molecular weight excluding hydrogens is 96.9 g/mol. The summed E-state index contributed by atoms with van der Waals surface area (Å²) in [5.41, 5.74) is 1.18. The molecule has 2 N–H and O–H groups in total. The van der Waals surface area contributed by atoms with Crippen LogP contribution in [-0.2, 0) is 0 Å². The fraction of sp³-hybridized carbons (Fsp3) is 0. The van der Waals surface area contributed by atoms with Crippen molar-refractivity contribution in [2.75, 3.05) is 0 Å². The van der Waals surface area contributed by atoms with Gasteiger partial charge in [0.05, 0.1) is 0 Å². The maximum absolute atomic E-state index is 8.15. The first-order chi connectivity index (χ1) is 2.77. The summed E-state index contributed by atoms with van der Waals surface area (Å²) in [4.78, 5) is 0. The molecule has 32 valence electrons. The molecule has 0 atom stereocenters. The van der Waals surface area contributed by atoms with Crippen molar-refractivity contribution in [3.63, 3.8) is 0 Å². The van der Waals surface area contributed by atoms with Crippen molar-refractivity contribution in [1.82, 2.24) is 5.32 Å². The summed E-state index contributed by atoms with van der Waals surface area (Å²) in [5.74, 6) is -0.120. The average molecular weight is 101 g/mol. The Morgan fingerprint density at radius 3 is 2.50 bits per heavy atom. The summed E-state index contributed by atoms with van der Waals surface area (Å²) in [5, 5.41) is 10.4. The van der Waals surface area contributed by atoms with Gasteiger partial charge in [0, 0.05) is 0 Å². The monoisotopic (exact) mass is 101 g/mol. The Morgan fingerprint density at radius 1 is 2.00 bits per heavy atom. The average Bonchev–Trinajstić information content (AvgIpc) is 1.35. The first-order valence-electron chi connectivity index (χ1n) is 1.35. The molecule has 0 saturated heterocycles. The second kappa shape index (κ2) is 2.84. The number of aliphatic hydroxyl groups is 1. The van der Waals surface area contributed by atoms with Crippen LogP contribution in [0.1, 0.15) is 0 Å². The molecule has 0 fully saturated rings. The van der Waals surface area contributed by atoms with E-state index in [4.69, 9.17) is 5.11 Å². The molecule has 0 aliphatic heterocycles. The first kappa shape index (κ1) is 5.62. The number of rotatable bonds is 2.